The van der Waals surface area contributed by atoms with E-state index in [9.17, 15) is 5.11 Å². The molecule has 21 heavy (non-hydrogen) atoms. The number of nitrogens with zero attached hydrogens (tertiary/aromatic N) is 4. The van der Waals surface area contributed by atoms with Gasteiger partial charge in [-0.15, -0.1) is 5.10 Å². The molecular weight excluding hydrogens is 266 g/mol. The van der Waals surface area contributed by atoms with E-state index >= 15 is 0 Å². The third-order valence-corrected chi connectivity index (χ3v) is 3.23. The highest BCUT2D eigenvalue weighted by atomic mass is 16.3. The lowest BCUT2D eigenvalue weighted by Gasteiger charge is -2.10. The van der Waals surface area contributed by atoms with Crippen LogP contribution in [0.2, 0.25) is 0 Å². The number of rotatable bonds is 4. The van der Waals surface area contributed by atoms with Gasteiger partial charge in [0.25, 0.3) is 0 Å². The summed E-state index contributed by atoms with van der Waals surface area (Å²) in [6.07, 6.45) is 1.58. The normalized spacial score (nSPS) is 10.5. The lowest BCUT2D eigenvalue weighted by molar-refractivity contribution is 0.475. The molecule has 0 amide bonds. The maximum atomic E-state index is 9.26. The Morgan fingerprint density at radius 1 is 1.14 bits per heavy atom. The molecule has 1 aromatic heterocycles. The molecule has 0 bridgehead atoms. The van der Waals surface area contributed by atoms with E-state index < -0.39 is 0 Å². The molecule has 0 saturated carbocycles. The summed E-state index contributed by atoms with van der Waals surface area (Å²) in [5.74, 6) is 0.278. The first kappa shape index (κ1) is 13.1. The minimum Gasteiger partial charge on any atom is -0.508 e. The van der Waals surface area contributed by atoms with Gasteiger partial charge in [-0.05, 0) is 58.8 Å². The van der Waals surface area contributed by atoms with E-state index in [1.807, 2.05) is 31.2 Å². The van der Waals surface area contributed by atoms with Crippen molar-refractivity contribution >= 4 is 5.69 Å². The zero-order valence-electron chi connectivity index (χ0n) is 11.6. The van der Waals surface area contributed by atoms with Crippen LogP contribution in [0.4, 0.5) is 5.69 Å². The number of aromatic nitrogens is 4. The Kier molecular flexibility index (Phi) is 3.51. The Morgan fingerprint density at radius 3 is 2.62 bits per heavy atom. The van der Waals surface area contributed by atoms with Crippen molar-refractivity contribution in [2.24, 2.45) is 0 Å². The first-order chi connectivity index (χ1) is 10.2. The van der Waals surface area contributed by atoms with Crippen molar-refractivity contribution in [2.75, 3.05) is 5.32 Å². The Hall–Kier alpha value is -2.89. The standard InChI is InChI=1S/C15H15N5O/c1-11-8-13(4-7-15(11)20-10-17-18-19-20)16-9-12-2-5-14(21)6-3-12/h2-8,10,16,21H,9H2,1H3. The van der Waals surface area contributed by atoms with Crippen LogP contribution in [0.1, 0.15) is 11.1 Å². The highest BCUT2D eigenvalue weighted by Crippen LogP contribution is 2.19. The van der Waals surface area contributed by atoms with Crippen LogP contribution in [0.15, 0.2) is 48.8 Å². The molecule has 3 rings (SSSR count). The molecule has 106 valence electrons. The Morgan fingerprint density at radius 2 is 1.95 bits per heavy atom. The molecule has 3 aromatic rings. The van der Waals surface area contributed by atoms with E-state index in [-0.39, 0.29) is 5.75 Å². The van der Waals surface area contributed by atoms with Crippen molar-refractivity contribution in [3.63, 3.8) is 0 Å². The molecule has 0 fully saturated rings. The van der Waals surface area contributed by atoms with E-state index in [2.05, 4.69) is 26.9 Å². The van der Waals surface area contributed by atoms with Gasteiger partial charge in [0.2, 0.25) is 0 Å². The van der Waals surface area contributed by atoms with Crippen molar-refractivity contribution < 1.29 is 5.11 Å². The summed E-state index contributed by atoms with van der Waals surface area (Å²) in [6.45, 7) is 2.71. The molecule has 2 aromatic carbocycles. The zero-order valence-corrected chi connectivity index (χ0v) is 11.6. The molecule has 2 N–H and O–H groups in total. The van der Waals surface area contributed by atoms with Gasteiger partial charge in [-0.25, -0.2) is 4.68 Å². The van der Waals surface area contributed by atoms with Crippen LogP contribution in [0, 0.1) is 6.92 Å². The summed E-state index contributed by atoms with van der Waals surface area (Å²) < 4.78 is 1.64. The third kappa shape index (κ3) is 3.00. The molecule has 0 unspecified atom stereocenters. The van der Waals surface area contributed by atoms with Gasteiger partial charge in [0.05, 0.1) is 5.69 Å². The number of nitrogens with one attached hydrogen (secondary N) is 1. The van der Waals surface area contributed by atoms with Crippen molar-refractivity contribution in [2.45, 2.75) is 13.5 Å². The molecular formula is C15H15N5O. The lowest BCUT2D eigenvalue weighted by Crippen LogP contribution is -2.02. The lowest BCUT2D eigenvalue weighted by atomic mass is 10.1. The molecule has 0 spiro atoms. The van der Waals surface area contributed by atoms with Crippen molar-refractivity contribution in [1.82, 2.24) is 20.2 Å². The third-order valence-electron chi connectivity index (χ3n) is 3.23. The Bertz CT molecular complexity index is 722. The second kappa shape index (κ2) is 5.62. The fraction of sp³-hybridized carbons (Fsp3) is 0.133. The Balaban J connectivity index is 1.72. The number of anilines is 1. The van der Waals surface area contributed by atoms with Crippen LogP contribution < -0.4 is 5.32 Å². The number of benzene rings is 2. The van der Waals surface area contributed by atoms with Crippen LogP contribution in [-0.4, -0.2) is 25.3 Å². The van der Waals surface area contributed by atoms with Gasteiger partial charge in [0.1, 0.15) is 12.1 Å². The first-order valence-corrected chi connectivity index (χ1v) is 6.58. The maximum absolute atomic E-state index is 9.26. The van der Waals surface area contributed by atoms with Gasteiger partial charge in [-0.2, -0.15) is 0 Å². The molecule has 0 aliphatic heterocycles. The fourth-order valence-corrected chi connectivity index (χ4v) is 2.11. The summed E-state index contributed by atoms with van der Waals surface area (Å²) in [6, 6.07) is 13.2. The summed E-state index contributed by atoms with van der Waals surface area (Å²) in [4.78, 5) is 0. The van der Waals surface area contributed by atoms with Gasteiger partial charge >= 0.3 is 0 Å². The average molecular weight is 281 g/mol. The molecule has 0 aliphatic carbocycles. The summed E-state index contributed by atoms with van der Waals surface area (Å²) in [5, 5.41) is 23.8. The maximum Gasteiger partial charge on any atom is 0.143 e. The topological polar surface area (TPSA) is 75.9 Å². The SMILES string of the molecule is Cc1cc(NCc2ccc(O)cc2)ccc1-n1cnnn1. The van der Waals surface area contributed by atoms with Gasteiger partial charge < -0.3 is 10.4 Å². The summed E-state index contributed by atoms with van der Waals surface area (Å²) >= 11 is 0. The quantitative estimate of drug-likeness (QED) is 0.767. The largest absolute Gasteiger partial charge is 0.508 e. The fourth-order valence-electron chi connectivity index (χ4n) is 2.11. The number of aromatic hydroxyl groups is 1. The number of hydrogen-bond donors (Lipinski definition) is 2. The van der Waals surface area contributed by atoms with Crippen molar-refractivity contribution in [3.8, 4) is 11.4 Å². The van der Waals surface area contributed by atoms with Crippen LogP contribution in [-0.2, 0) is 6.54 Å². The Labute approximate surface area is 122 Å². The predicted molar refractivity (Wildman–Crippen MR) is 79.3 cm³/mol. The smallest absolute Gasteiger partial charge is 0.143 e. The van der Waals surface area contributed by atoms with E-state index in [0.717, 1.165) is 22.5 Å². The number of phenols is 1. The van der Waals surface area contributed by atoms with Gasteiger partial charge in [-0.3, -0.25) is 0 Å². The van der Waals surface area contributed by atoms with Crippen LogP contribution in [0.25, 0.3) is 5.69 Å². The molecule has 0 radical (unpaired) electrons. The number of aryl methyl sites for hydroxylation is 1. The monoisotopic (exact) mass is 281 g/mol. The predicted octanol–water partition coefficient (Wildman–Crippen LogP) is 2.29. The first-order valence-electron chi connectivity index (χ1n) is 6.58. The van der Waals surface area contributed by atoms with Gasteiger partial charge in [-0.1, -0.05) is 12.1 Å². The second-order valence-electron chi connectivity index (χ2n) is 4.78. The van der Waals surface area contributed by atoms with Gasteiger partial charge in [0, 0.05) is 12.2 Å². The molecule has 6 nitrogen and oxygen atoms in total. The number of phenolic OH excluding ortho intramolecular Hbond substituents is 1. The van der Waals surface area contributed by atoms with E-state index in [0.29, 0.717) is 6.54 Å². The highest BCUT2D eigenvalue weighted by molar-refractivity contribution is 5.53. The minimum atomic E-state index is 0.278. The van der Waals surface area contributed by atoms with Crippen LogP contribution >= 0.6 is 0 Å². The number of hydrogen-bond acceptors (Lipinski definition) is 5. The molecule has 0 atom stereocenters. The van der Waals surface area contributed by atoms with E-state index in [1.54, 1.807) is 23.1 Å². The molecule has 0 aliphatic rings. The van der Waals surface area contributed by atoms with E-state index in [1.165, 1.54) is 0 Å². The van der Waals surface area contributed by atoms with Crippen molar-refractivity contribution in [1.29, 1.82) is 0 Å². The van der Waals surface area contributed by atoms with Crippen molar-refractivity contribution in [3.05, 3.63) is 59.9 Å². The van der Waals surface area contributed by atoms with E-state index in [4.69, 9.17) is 0 Å². The average Bonchev–Trinajstić information content (AvgIpc) is 3.01. The molecule has 0 saturated heterocycles. The summed E-state index contributed by atoms with van der Waals surface area (Å²) in [7, 11) is 0. The summed E-state index contributed by atoms with van der Waals surface area (Å²) in [5.41, 5.74) is 4.17. The van der Waals surface area contributed by atoms with Crippen LogP contribution in [0.5, 0.6) is 5.75 Å². The van der Waals surface area contributed by atoms with Crippen LogP contribution in [0.3, 0.4) is 0 Å². The second-order valence-corrected chi connectivity index (χ2v) is 4.78. The van der Waals surface area contributed by atoms with Gasteiger partial charge in [0.15, 0.2) is 0 Å². The minimum absolute atomic E-state index is 0.278. The molecule has 1 heterocycles. The highest BCUT2D eigenvalue weighted by Gasteiger charge is 2.03. The zero-order chi connectivity index (χ0) is 14.7. The molecule has 6 heteroatoms. The number of tetrazole rings is 1.